The van der Waals surface area contributed by atoms with E-state index in [9.17, 15) is 0 Å². The van der Waals surface area contributed by atoms with Crippen molar-refractivity contribution in [1.82, 2.24) is 0 Å². The summed E-state index contributed by atoms with van der Waals surface area (Å²) in [6, 6.07) is 25.0. The van der Waals surface area contributed by atoms with Crippen molar-refractivity contribution >= 4 is 9.30 Å². The fourth-order valence-electron chi connectivity index (χ4n) is 1.46. The standard InChI is InChI=1S/C8H17.2C6H5.ClH.Ti/c1-3-5-7-8-6-4-2;2*1-2-4-6-5-3-1;;/h1,3-8H2,2H3;2*1-5H;1H;/q3*-1;;+4/p-1. The number of benzene rings is 2. The van der Waals surface area contributed by atoms with Gasteiger partial charge in [0.1, 0.15) is 0 Å². The summed E-state index contributed by atoms with van der Waals surface area (Å²) in [7, 11) is 4.64. The molecule has 2 aromatic rings. The molecule has 2 aromatic carbocycles. The van der Waals surface area contributed by atoms with Gasteiger partial charge in [-0.3, -0.25) is 0 Å². The van der Waals surface area contributed by atoms with Gasteiger partial charge in [0.25, 0.3) is 0 Å². The van der Waals surface area contributed by atoms with Crippen LogP contribution in [0.3, 0.4) is 0 Å². The zero-order valence-corrected chi connectivity index (χ0v) is 15.9. The van der Waals surface area contributed by atoms with Crippen molar-refractivity contribution in [3.05, 3.63) is 79.7 Å². The van der Waals surface area contributed by atoms with Crippen LogP contribution in [0.4, 0.5) is 0 Å². The molecular weight excluding hydrogens is 324 g/mol. The average molecular weight is 351 g/mol. The zero-order chi connectivity index (χ0) is 16.7. The van der Waals surface area contributed by atoms with Crippen molar-refractivity contribution in [2.24, 2.45) is 0 Å². The van der Waals surface area contributed by atoms with E-state index >= 15 is 0 Å². The third-order valence-corrected chi connectivity index (χ3v) is 2.57. The molecule has 0 N–H and O–H groups in total. The second-order valence-corrected chi connectivity index (χ2v) is 4.42. The van der Waals surface area contributed by atoms with Crippen molar-refractivity contribution < 1.29 is 19.4 Å². The van der Waals surface area contributed by atoms with Crippen LogP contribution >= 0.6 is 9.30 Å². The molecule has 0 saturated heterocycles. The molecule has 0 aliphatic rings. The van der Waals surface area contributed by atoms with Crippen molar-refractivity contribution in [1.29, 1.82) is 0 Å². The van der Waals surface area contributed by atoms with Crippen molar-refractivity contribution in [3.8, 4) is 0 Å². The van der Waals surface area contributed by atoms with Gasteiger partial charge >= 0.3 is 28.7 Å². The first kappa shape index (κ1) is 23.7. The SMILES string of the molecule is [CH2-]CCCCCCC.[Cl][Ti+3].[c-]1ccccc1.[c-]1ccccc1. The van der Waals surface area contributed by atoms with E-state index in [2.05, 4.69) is 35.3 Å². The predicted molar refractivity (Wildman–Crippen MR) is 95.1 cm³/mol. The Hall–Kier alpha value is -0.556. The van der Waals surface area contributed by atoms with Crippen LogP contribution in [-0.4, -0.2) is 0 Å². The molecule has 0 bridgehead atoms. The summed E-state index contributed by atoms with van der Waals surface area (Å²) in [6.45, 7) is 6.02. The van der Waals surface area contributed by atoms with E-state index in [-0.39, 0.29) is 0 Å². The second-order valence-electron chi connectivity index (χ2n) is 4.42. The molecule has 2 rings (SSSR count). The van der Waals surface area contributed by atoms with Crippen LogP contribution in [0.1, 0.15) is 45.4 Å². The van der Waals surface area contributed by atoms with Gasteiger partial charge in [-0.05, 0) is 0 Å². The summed E-state index contributed by atoms with van der Waals surface area (Å²) < 4.78 is 0. The normalized spacial score (nSPS) is 8.23. The van der Waals surface area contributed by atoms with E-state index in [0.717, 1.165) is 6.42 Å². The van der Waals surface area contributed by atoms with Crippen LogP contribution in [0.2, 0.25) is 0 Å². The molecule has 0 aromatic heterocycles. The zero-order valence-electron chi connectivity index (χ0n) is 13.6. The molecular formula is C20H27ClTi. The van der Waals surface area contributed by atoms with Gasteiger partial charge in [0, 0.05) is 0 Å². The van der Waals surface area contributed by atoms with Crippen LogP contribution in [0.15, 0.2) is 60.7 Å². The maximum Gasteiger partial charge on any atom is -0.171 e. The Balaban J connectivity index is 0. The van der Waals surface area contributed by atoms with Gasteiger partial charge in [-0.15, -0.1) is 0 Å². The van der Waals surface area contributed by atoms with E-state index in [1.807, 2.05) is 60.7 Å². The summed E-state index contributed by atoms with van der Waals surface area (Å²) in [5.74, 6) is 0. The van der Waals surface area contributed by atoms with E-state index < -0.39 is 0 Å². The number of rotatable bonds is 5. The Morgan fingerprint density at radius 1 is 0.727 bits per heavy atom. The molecule has 0 aliphatic carbocycles. The summed E-state index contributed by atoms with van der Waals surface area (Å²) in [4.78, 5) is 0. The van der Waals surface area contributed by atoms with Crippen molar-refractivity contribution in [3.63, 3.8) is 0 Å². The molecule has 0 amide bonds. The van der Waals surface area contributed by atoms with Gasteiger partial charge in [0.05, 0.1) is 0 Å². The molecule has 0 atom stereocenters. The molecule has 0 aliphatic heterocycles. The number of hydrogen-bond donors (Lipinski definition) is 0. The quantitative estimate of drug-likeness (QED) is 0.314. The molecule has 0 fully saturated rings. The fraction of sp³-hybridized carbons (Fsp3) is 0.350. The molecule has 22 heavy (non-hydrogen) atoms. The van der Waals surface area contributed by atoms with Crippen molar-refractivity contribution in [2.45, 2.75) is 45.4 Å². The van der Waals surface area contributed by atoms with Crippen LogP contribution in [-0.2, 0) is 19.4 Å². The molecule has 0 radical (unpaired) electrons. The molecule has 2 heteroatoms. The Labute approximate surface area is 153 Å². The van der Waals surface area contributed by atoms with Gasteiger partial charge in [-0.2, -0.15) is 79.2 Å². The third-order valence-electron chi connectivity index (χ3n) is 2.57. The van der Waals surface area contributed by atoms with E-state index in [1.54, 1.807) is 0 Å². The van der Waals surface area contributed by atoms with Gasteiger partial charge in [0.2, 0.25) is 0 Å². The van der Waals surface area contributed by atoms with Gasteiger partial charge in [0.15, 0.2) is 0 Å². The monoisotopic (exact) mass is 350 g/mol. The minimum absolute atomic E-state index is 1.11. The second kappa shape index (κ2) is 25.4. The first-order chi connectivity index (χ1) is 10.9. The maximum absolute atomic E-state index is 4.64. The van der Waals surface area contributed by atoms with E-state index in [0.29, 0.717) is 0 Å². The van der Waals surface area contributed by atoms with Crippen LogP contribution in [0.5, 0.6) is 0 Å². The maximum atomic E-state index is 4.64. The molecule has 0 nitrogen and oxygen atoms in total. The Bertz CT molecular complexity index is 260. The van der Waals surface area contributed by atoms with Gasteiger partial charge < -0.3 is 6.92 Å². The van der Waals surface area contributed by atoms with E-state index in [4.69, 9.17) is 0 Å². The first-order valence-corrected chi connectivity index (χ1v) is 9.87. The van der Waals surface area contributed by atoms with Crippen LogP contribution < -0.4 is 0 Å². The third kappa shape index (κ3) is 24.5. The fourth-order valence-corrected chi connectivity index (χ4v) is 1.46. The van der Waals surface area contributed by atoms with Crippen molar-refractivity contribution in [2.75, 3.05) is 0 Å². The summed E-state index contributed by atoms with van der Waals surface area (Å²) >= 11 is 1.47. The Kier molecular flexibility index (Phi) is 27.4. The summed E-state index contributed by atoms with van der Waals surface area (Å²) in [6.07, 6.45) is 7.98. The van der Waals surface area contributed by atoms with Crippen LogP contribution in [0, 0.1) is 19.1 Å². The first-order valence-electron chi connectivity index (χ1n) is 7.72. The van der Waals surface area contributed by atoms with Gasteiger partial charge in [-0.1, -0.05) is 39.0 Å². The Morgan fingerprint density at radius 3 is 1.36 bits per heavy atom. The topological polar surface area (TPSA) is 0 Å². The number of hydrogen-bond acceptors (Lipinski definition) is 0. The van der Waals surface area contributed by atoms with Gasteiger partial charge in [-0.25, -0.2) is 0 Å². The molecule has 0 saturated carbocycles. The summed E-state index contributed by atoms with van der Waals surface area (Å²) in [5.41, 5.74) is 0. The summed E-state index contributed by atoms with van der Waals surface area (Å²) in [5, 5.41) is 0. The number of unbranched alkanes of at least 4 members (excludes halogenated alkanes) is 5. The largest absolute Gasteiger partial charge is 0.184 e. The van der Waals surface area contributed by atoms with Crippen LogP contribution in [0.25, 0.3) is 0 Å². The molecule has 0 heterocycles. The Morgan fingerprint density at radius 2 is 1.14 bits per heavy atom. The van der Waals surface area contributed by atoms with E-state index in [1.165, 1.54) is 51.5 Å². The average Bonchev–Trinajstić information content (AvgIpc) is 2.65. The molecule has 118 valence electrons. The minimum atomic E-state index is 1.11. The smallest absolute Gasteiger partial charge is 0.171 e. The molecule has 0 unspecified atom stereocenters. The predicted octanol–water partition coefficient (Wildman–Crippen LogP) is 6.84. The minimum Gasteiger partial charge on any atom is -0.184 e. The number of halogens is 1. The molecule has 0 spiro atoms.